The number of rotatable bonds is 4. The third-order valence-corrected chi connectivity index (χ3v) is 4.13. The van der Waals surface area contributed by atoms with Crippen LogP contribution in [0.2, 0.25) is 0 Å². The minimum Gasteiger partial charge on any atom is -0.444 e. The fourth-order valence-corrected chi connectivity index (χ4v) is 3.05. The van der Waals surface area contributed by atoms with Crippen LogP contribution in [0.25, 0.3) is 11.0 Å². The Bertz CT molecular complexity index is 736. The van der Waals surface area contributed by atoms with Crippen molar-refractivity contribution < 1.29 is 14.6 Å². The summed E-state index contributed by atoms with van der Waals surface area (Å²) in [6, 6.07) is 5.80. The van der Waals surface area contributed by atoms with E-state index in [0.717, 1.165) is 21.3 Å². The minimum absolute atomic E-state index is 0.179. The summed E-state index contributed by atoms with van der Waals surface area (Å²) in [7, 11) is 1.62. The second-order valence-electron chi connectivity index (χ2n) is 6.89. The van der Waals surface area contributed by atoms with Crippen LogP contribution >= 0.6 is 15.9 Å². The van der Waals surface area contributed by atoms with Gasteiger partial charge in [0.05, 0.1) is 30.2 Å². The topological polar surface area (TPSA) is 67.6 Å². The molecule has 6 nitrogen and oxygen atoms in total. The molecule has 0 bridgehead atoms. The van der Waals surface area contributed by atoms with E-state index in [9.17, 15) is 9.90 Å². The van der Waals surface area contributed by atoms with Crippen LogP contribution in [-0.4, -0.2) is 50.9 Å². The van der Waals surface area contributed by atoms with Crippen LogP contribution in [-0.2, 0) is 11.3 Å². The molecule has 1 amide bonds. The molecule has 0 spiro atoms. The molecule has 24 heavy (non-hydrogen) atoms. The lowest BCUT2D eigenvalue weighted by molar-refractivity contribution is 0.0191. The molecule has 0 fully saturated rings. The molecule has 132 valence electrons. The van der Waals surface area contributed by atoms with Gasteiger partial charge in [-0.25, -0.2) is 9.78 Å². The van der Waals surface area contributed by atoms with E-state index in [1.807, 2.05) is 50.5 Å². The molecule has 1 aromatic carbocycles. The third kappa shape index (κ3) is 4.48. The van der Waals surface area contributed by atoms with Crippen LogP contribution < -0.4 is 0 Å². The molecular formula is C17H24BrN3O3. The van der Waals surface area contributed by atoms with Crippen LogP contribution in [0.1, 0.15) is 26.6 Å². The molecule has 0 radical (unpaired) electrons. The van der Waals surface area contributed by atoms with E-state index < -0.39 is 17.8 Å². The Morgan fingerprint density at radius 1 is 1.46 bits per heavy atom. The second kappa shape index (κ2) is 7.11. The van der Waals surface area contributed by atoms with E-state index in [-0.39, 0.29) is 6.54 Å². The van der Waals surface area contributed by atoms with E-state index in [2.05, 4.69) is 20.9 Å². The average molecular weight is 398 g/mol. The summed E-state index contributed by atoms with van der Waals surface area (Å²) in [5.74, 6) is 0.816. The number of amides is 1. The van der Waals surface area contributed by atoms with Crippen molar-refractivity contribution in [2.75, 3.05) is 13.6 Å². The molecule has 1 unspecified atom stereocenters. The maximum Gasteiger partial charge on any atom is 0.410 e. The Kier molecular flexibility index (Phi) is 5.55. The van der Waals surface area contributed by atoms with Crippen LogP contribution in [0.4, 0.5) is 4.79 Å². The van der Waals surface area contributed by atoms with E-state index in [4.69, 9.17) is 4.74 Å². The summed E-state index contributed by atoms with van der Waals surface area (Å²) in [4.78, 5) is 17.9. The SMILES string of the molecule is Cc1nc2cccc(Br)c2n1CC(O)CN(C)C(=O)OC(C)(C)C. The molecule has 7 heteroatoms. The largest absolute Gasteiger partial charge is 0.444 e. The number of imidazole rings is 1. The summed E-state index contributed by atoms with van der Waals surface area (Å²) < 4.78 is 8.17. The van der Waals surface area contributed by atoms with Gasteiger partial charge in [-0.15, -0.1) is 0 Å². The quantitative estimate of drug-likeness (QED) is 0.858. The normalized spacial score (nSPS) is 13.1. The van der Waals surface area contributed by atoms with E-state index in [1.165, 1.54) is 4.90 Å². The van der Waals surface area contributed by atoms with Crippen molar-refractivity contribution in [1.29, 1.82) is 0 Å². The van der Waals surface area contributed by atoms with Crippen LogP contribution in [0.5, 0.6) is 0 Å². The molecule has 0 saturated heterocycles. The number of carbonyl (C=O) groups excluding carboxylic acids is 1. The van der Waals surface area contributed by atoms with Gasteiger partial charge in [-0.2, -0.15) is 0 Å². The van der Waals surface area contributed by atoms with Crippen LogP contribution in [0.3, 0.4) is 0 Å². The third-order valence-electron chi connectivity index (χ3n) is 3.49. The van der Waals surface area contributed by atoms with Gasteiger partial charge in [-0.05, 0) is 55.8 Å². The van der Waals surface area contributed by atoms with E-state index in [1.54, 1.807) is 7.05 Å². The Morgan fingerprint density at radius 2 is 2.12 bits per heavy atom. The summed E-state index contributed by atoms with van der Waals surface area (Å²) in [6.07, 6.45) is -1.18. The molecule has 0 aliphatic rings. The highest BCUT2D eigenvalue weighted by Gasteiger charge is 2.22. The van der Waals surface area contributed by atoms with Crippen molar-refractivity contribution in [3.63, 3.8) is 0 Å². The number of para-hydroxylation sites is 1. The number of benzene rings is 1. The lowest BCUT2D eigenvalue weighted by atomic mass is 10.2. The number of fused-ring (bicyclic) bond motifs is 1. The van der Waals surface area contributed by atoms with Crippen molar-refractivity contribution in [2.24, 2.45) is 0 Å². The summed E-state index contributed by atoms with van der Waals surface area (Å²) in [5.41, 5.74) is 1.25. The lowest BCUT2D eigenvalue weighted by Crippen LogP contribution is -2.39. The summed E-state index contributed by atoms with van der Waals surface area (Å²) in [6.45, 7) is 7.86. The molecule has 1 heterocycles. The summed E-state index contributed by atoms with van der Waals surface area (Å²) in [5, 5.41) is 10.4. The number of hydrogen-bond donors (Lipinski definition) is 1. The first-order valence-electron chi connectivity index (χ1n) is 7.82. The zero-order valence-corrected chi connectivity index (χ0v) is 16.3. The highest BCUT2D eigenvalue weighted by molar-refractivity contribution is 9.10. The van der Waals surface area contributed by atoms with Gasteiger partial charge in [0.1, 0.15) is 11.4 Å². The average Bonchev–Trinajstić information content (AvgIpc) is 2.74. The second-order valence-corrected chi connectivity index (χ2v) is 7.75. The zero-order valence-electron chi connectivity index (χ0n) is 14.7. The first-order chi connectivity index (χ1) is 11.1. The van der Waals surface area contributed by atoms with Crippen molar-refractivity contribution in [2.45, 2.75) is 45.9 Å². The highest BCUT2D eigenvalue weighted by atomic mass is 79.9. The fraction of sp³-hybridized carbons (Fsp3) is 0.529. The molecule has 2 aromatic rings. The number of nitrogens with zero attached hydrogens (tertiary/aromatic N) is 3. The Labute approximate surface area is 150 Å². The monoisotopic (exact) mass is 397 g/mol. The first kappa shape index (κ1) is 18.7. The van der Waals surface area contributed by atoms with Gasteiger partial charge in [-0.3, -0.25) is 0 Å². The number of carbonyl (C=O) groups is 1. The maximum absolute atomic E-state index is 12.0. The predicted molar refractivity (Wildman–Crippen MR) is 97.0 cm³/mol. The van der Waals surface area contributed by atoms with Crippen molar-refractivity contribution in [3.8, 4) is 0 Å². The van der Waals surface area contributed by atoms with Crippen molar-refractivity contribution in [1.82, 2.24) is 14.5 Å². The number of ether oxygens (including phenoxy) is 1. The standard InChI is InChI=1S/C17H24BrN3O3/c1-11-19-14-8-6-7-13(18)15(14)21(11)10-12(22)9-20(5)16(23)24-17(2,3)4/h6-8,12,22H,9-10H2,1-5H3. The summed E-state index contributed by atoms with van der Waals surface area (Å²) >= 11 is 3.53. The number of aliphatic hydroxyl groups is 1. The van der Waals surface area contributed by atoms with E-state index in [0.29, 0.717) is 6.54 Å². The van der Waals surface area contributed by atoms with Gasteiger partial charge in [0.25, 0.3) is 0 Å². The van der Waals surface area contributed by atoms with Gasteiger partial charge in [-0.1, -0.05) is 6.07 Å². The van der Waals surface area contributed by atoms with E-state index >= 15 is 0 Å². The Morgan fingerprint density at radius 3 is 2.75 bits per heavy atom. The molecule has 1 N–H and O–H groups in total. The Balaban J connectivity index is 2.09. The van der Waals surface area contributed by atoms with Gasteiger partial charge in [0, 0.05) is 11.5 Å². The predicted octanol–water partition coefficient (Wildman–Crippen LogP) is 3.34. The van der Waals surface area contributed by atoms with Crippen LogP contribution in [0, 0.1) is 6.92 Å². The number of aryl methyl sites for hydroxylation is 1. The van der Waals surface area contributed by atoms with Crippen molar-refractivity contribution in [3.05, 3.63) is 28.5 Å². The molecule has 1 atom stereocenters. The smallest absolute Gasteiger partial charge is 0.410 e. The van der Waals surface area contributed by atoms with Crippen LogP contribution in [0.15, 0.2) is 22.7 Å². The number of likely N-dealkylation sites (N-methyl/N-ethyl adjacent to an activating group) is 1. The number of aliphatic hydroxyl groups excluding tert-OH is 1. The van der Waals surface area contributed by atoms with Gasteiger partial charge in [0.15, 0.2) is 0 Å². The van der Waals surface area contributed by atoms with Gasteiger partial charge in [0.2, 0.25) is 0 Å². The molecule has 0 aliphatic carbocycles. The van der Waals surface area contributed by atoms with Gasteiger partial charge >= 0.3 is 6.09 Å². The fourth-order valence-electron chi connectivity index (χ4n) is 2.48. The molecule has 0 aliphatic heterocycles. The molecule has 1 aromatic heterocycles. The van der Waals surface area contributed by atoms with Crippen molar-refractivity contribution >= 4 is 33.1 Å². The first-order valence-corrected chi connectivity index (χ1v) is 8.61. The number of hydrogen-bond acceptors (Lipinski definition) is 4. The number of aromatic nitrogens is 2. The number of halogens is 1. The minimum atomic E-state index is -0.731. The Hall–Kier alpha value is -1.60. The zero-order chi connectivity index (χ0) is 18.1. The molecular weight excluding hydrogens is 374 g/mol. The molecule has 0 saturated carbocycles. The lowest BCUT2D eigenvalue weighted by Gasteiger charge is -2.26. The molecule has 2 rings (SSSR count). The highest BCUT2D eigenvalue weighted by Crippen LogP contribution is 2.25. The maximum atomic E-state index is 12.0. The van der Waals surface area contributed by atoms with Gasteiger partial charge < -0.3 is 19.3 Å².